The Morgan fingerprint density at radius 2 is 1.91 bits per heavy atom. The van der Waals surface area contributed by atoms with Crippen molar-refractivity contribution in [3.63, 3.8) is 0 Å². The number of benzene rings is 1. The lowest BCUT2D eigenvalue weighted by Gasteiger charge is -2.10. The minimum absolute atomic E-state index is 0.0195. The third-order valence-corrected chi connectivity index (χ3v) is 3.85. The van der Waals surface area contributed by atoms with Crippen molar-refractivity contribution in [1.29, 1.82) is 0 Å². The molecule has 1 aromatic carbocycles. The van der Waals surface area contributed by atoms with Gasteiger partial charge in [0.05, 0.1) is 17.0 Å². The van der Waals surface area contributed by atoms with E-state index >= 15 is 0 Å². The Kier molecular flexibility index (Phi) is 5.05. The number of aryl methyl sites for hydroxylation is 1. The molecule has 0 saturated heterocycles. The van der Waals surface area contributed by atoms with Gasteiger partial charge in [0.25, 0.3) is 5.91 Å². The van der Waals surface area contributed by atoms with Gasteiger partial charge in [0, 0.05) is 10.6 Å². The van der Waals surface area contributed by atoms with Crippen molar-refractivity contribution in [1.82, 2.24) is 5.32 Å². The Bertz CT molecular complexity index is 726. The van der Waals surface area contributed by atoms with Crippen molar-refractivity contribution in [2.75, 3.05) is 11.9 Å². The van der Waals surface area contributed by atoms with Gasteiger partial charge in [-0.1, -0.05) is 6.07 Å². The second-order valence-corrected chi connectivity index (χ2v) is 6.01. The highest BCUT2D eigenvalue weighted by Crippen LogP contribution is 2.30. The van der Waals surface area contributed by atoms with E-state index in [2.05, 4.69) is 10.6 Å². The number of rotatable bonds is 4. The quantitative estimate of drug-likeness (QED) is 0.894. The molecule has 0 spiro atoms. The summed E-state index contributed by atoms with van der Waals surface area (Å²) in [7, 11) is 0. The smallest absolute Gasteiger partial charge is 0.342 e. The topological polar surface area (TPSA) is 58.2 Å². The predicted octanol–water partition coefficient (Wildman–Crippen LogP) is 3.44. The first-order valence-electron chi connectivity index (χ1n) is 6.57. The van der Waals surface area contributed by atoms with Gasteiger partial charge in [-0.25, -0.2) is 0 Å². The van der Waals surface area contributed by atoms with Crippen molar-refractivity contribution < 1.29 is 22.8 Å². The maximum absolute atomic E-state index is 12.6. The first kappa shape index (κ1) is 17.0. The van der Waals surface area contributed by atoms with Gasteiger partial charge in [0.15, 0.2) is 0 Å². The number of thiophene rings is 1. The van der Waals surface area contributed by atoms with Crippen LogP contribution >= 0.6 is 11.3 Å². The normalized spacial score (nSPS) is 11.1. The number of carbonyl (C=O) groups is 2. The van der Waals surface area contributed by atoms with Gasteiger partial charge >= 0.3 is 6.18 Å². The number of hydrogen-bond acceptors (Lipinski definition) is 3. The highest BCUT2D eigenvalue weighted by atomic mass is 32.1. The molecular weight excluding hydrogens is 329 g/mol. The molecule has 2 amide bonds. The van der Waals surface area contributed by atoms with Crippen LogP contribution in [-0.4, -0.2) is 18.4 Å². The minimum atomic E-state index is -4.48. The second kappa shape index (κ2) is 6.82. The van der Waals surface area contributed by atoms with Gasteiger partial charge in [-0.3, -0.25) is 9.59 Å². The molecule has 2 aromatic rings. The van der Waals surface area contributed by atoms with Crippen LogP contribution in [0.1, 0.15) is 20.1 Å². The zero-order chi connectivity index (χ0) is 17.0. The number of hydrogen-bond donors (Lipinski definition) is 2. The predicted molar refractivity (Wildman–Crippen MR) is 81.5 cm³/mol. The minimum Gasteiger partial charge on any atom is -0.342 e. The standard InChI is InChI=1S/C15H13F3N2O2S/c1-9-5-6-12(23-9)14(22)19-8-13(21)20-11-4-2-3-10(7-11)15(16,17)18/h2-7H,8H2,1H3,(H,19,22)(H,20,21). The molecule has 4 nitrogen and oxygen atoms in total. The summed E-state index contributed by atoms with van der Waals surface area (Å²) < 4.78 is 37.7. The molecule has 0 saturated carbocycles. The lowest BCUT2D eigenvalue weighted by Crippen LogP contribution is -2.32. The molecule has 122 valence electrons. The van der Waals surface area contributed by atoms with Crippen LogP contribution in [0.5, 0.6) is 0 Å². The van der Waals surface area contributed by atoms with E-state index in [-0.39, 0.29) is 12.2 Å². The Labute approximate surface area is 134 Å². The van der Waals surface area contributed by atoms with E-state index in [4.69, 9.17) is 0 Å². The molecule has 0 unspecified atom stereocenters. The van der Waals surface area contributed by atoms with Gasteiger partial charge in [-0.15, -0.1) is 11.3 Å². The maximum atomic E-state index is 12.6. The van der Waals surface area contributed by atoms with Crippen molar-refractivity contribution in [2.24, 2.45) is 0 Å². The van der Waals surface area contributed by atoms with Crippen molar-refractivity contribution in [3.8, 4) is 0 Å². The number of nitrogens with one attached hydrogen (secondary N) is 2. The fraction of sp³-hybridized carbons (Fsp3) is 0.200. The van der Waals surface area contributed by atoms with Crippen LogP contribution < -0.4 is 10.6 Å². The lowest BCUT2D eigenvalue weighted by molar-refractivity contribution is -0.137. The Hall–Kier alpha value is -2.35. The molecule has 1 heterocycles. The first-order valence-corrected chi connectivity index (χ1v) is 7.39. The molecular formula is C15H13F3N2O2S. The van der Waals surface area contributed by atoms with E-state index < -0.39 is 23.6 Å². The van der Waals surface area contributed by atoms with E-state index in [1.807, 2.05) is 6.92 Å². The molecule has 1 aromatic heterocycles. The van der Waals surface area contributed by atoms with Gasteiger partial charge in [0.2, 0.25) is 5.91 Å². The summed E-state index contributed by atoms with van der Waals surface area (Å²) in [5.41, 5.74) is -0.834. The van der Waals surface area contributed by atoms with Crippen LogP contribution in [0.25, 0.3) is 0 Å². The second-order valence-electron chi connectivity index (χ2n) is 4.72. The number of carbonyl (C=O) groups excluding carboxylic acids is 2. The summed E-state index contributed by atoms with van der Waals surface area (Å²) in [6, 6.07) is 7.71. The fourth-order valence-electron chi connectivity index (χ4n) is 1.78. The van der Waals surface area contributed by atoms with Gasteiger partial charge in [-0.2, -0.15) is 13.2 Å². The molecule has 0 bridgehead atoms. The van der Waals surface area contributed by atoms with Crippen LogP contribution in [0, 0.1) is 6.92 Å². The van der Waals surface area contributed by atoms with Crippen LogP contribution in [0.2, 0.25) is 0 Å². The Morgan fingerprint density at radius 3 is 2.52 bits per heavy atom. The summed E-state index contributed by atoms with van der Waals surface area (Å²) in [5, 5.41) is 4.73. The summed E-state index contributed by atoms with van der Waals surface area (Å²) in [4.78, 5) is 24.9. The lowest BCUT2D eigenvalue weighted by atomic mass is 10.2. The SMILES string of the molecule is Cc1ccc(C(=O)NCC(=O)Nc2cccc(C(F)(F)F)c2)s1. The maximum Gasteiger partial charge on any atom is 0.416 e. The van der Waals surface area contributed by atoms with Crippen LogP contribution in [0.3, 0.4) is 0 Å². The third kappa shape index (κ3) is 4.82. The van der Waals surface area contributed by atoms with E-state index in [0.29, 0.717) is 4.88 Å². The molecule has 23 heavy (non-hydrogen) atoms. The van der Waals surface area contributed by atoms with Crippen LogP contribution in [0.15, 0.2) is 36.4 Å². The molecule has 0 radical (unpaired) electrons. The van der Waals surface area contributed by atoms with E-state index in [1.165, 1.54) is 23.5 Å². The zero-order valence-electron chi connectivity index (χ0n) is 12.0. The first-order chi connectivity index (χ1) is 10.8. The van der Waals surface area contributed by atoms with E-state index in [0.717, 1.165) is 17.0 Å². The molecule has 0 aliphatic carbocycles. The molecule has 0 aliphatic heterocycles. The molecule has 0 aliphatic rings. The average molecular weight is 342 g/mol. The average Bonchev–Trinajstić information content (AvgIpc) is 2.91. The van der Waals surface area contributed by atoms with Gasteiger partial charge in [-0.05, 0) is 37.3 Å². The van der Waals surface area contributed by atoms with E-state index in [1.54, 1.807) is 12.1 Å². The van der Waals surface area contributed by atoms with Crippen LogP contribution in [0.4, 0.5) is 18.9 Å². The summed E-state index contributed by atoms with van der Waals surface area (Å²) in [6.45, 7) is 1.52. The number of anilines is 1. The Balaban J connectivity index is 1.91. The van der Waals surface area contributed by atoms with Gasteiger partial charge in [0.1, 0.15) is 0 Å². The van der Waals surface area contributed by atoms with E-state index in [9.17, 15) is 22.8 Å². The molecule has 2 N–H and O–H groups in total. The number of amides is 2. The number of alkyl halides is 3. The summed E-state index contributed by atoms with van der Waals surface area (Å²) >= 11 is 1.29. The molecule has 8 heteroatoms. The molecule has 2 rings (SSSR count). The van der Waals surface area contributed by atoms with Crippen LogP contribution in [-0.2, 0) is 11.0 Å². The Morgan fingerprint density at radius 1 is 1.17 bits per heavy atom. The van der Waals surface area contributed by atoms with Crippen molar-refractivity contribution in [2.45, 2.75) is 13.1 Å². The van der Waals surface area contributed by atoms with Crippen molar-refractivity contribution in [3.05, 3.63) is 51.7 Å². The summed E-state index contributed by atoms with van der Waals surface area (Å²) in [6.07, 6.45) is -4.48. The largest absolute Gasteiger partial charge is 0.416 e. The highest BCUT2D eigenvalue weighted by Gasteiger charge is 2.30. The zero-order valence-corrected chi connectivity index (χ0v) is 12.8. The summed E-state index contributed by atoms with van der Waals surface area (Å²) in [5.74, 6) is -1.01. The molecule has 0 atom stereocenters. The monoisotopic (exact) mass is 342 g/mol. The third-order valence-electron chi connectivity index (χ3n) is 2.85. The fourth-order valence-corrected chi connectivity index (χ4v) is 2.57. The van der Waals surface area contributed by atoms with Gasteiger partial charge < -0.3 is 10.6 Å². The molecule has 0 fully saturated rings. The highest BCUT2D eigenvalue weighted by molar-refractivity contribution is 7.13. The number of halogens is 3. The van der Waals surface area contributed by atoms with Crippen molar-refractivity contribution >= 4 is 28.8 Å².